The smallest absolute Gasteiger partial charge is 0.263 e. The van der Waals surface area contributed by atoms with Crippen LogP contribution in [0.3, 0.4) is 0 Å². The van der Waals surface area contributed by atoms with Crippen molar-refractivity contribution >= 4 is 34.4 Å². The number of pyridine rings is 1. The average Bonchev–Trinajstić information content (AvgIpc) is 2.64. The summed E-state index contributed by atoms with van der Waals surface area (Å²) in [5, 5.41) is 3.60. The van der Waals surface area contributed by atoms with Crippen LogP contribution in [0.5, 0.6) is 0 Å². The lowest BCUT2D eigenvalue weighted by Crippen LogP contribution is -2.26. The van der Waals surface area contributed by atoms with Crippen molar-refractivity contribution in [2.75, 3.05) is 11.1 Å². The lowest BCUT2D eigenvalue weighted by Gasteiger charge is -2.14. The number of amides is 1. The van der Waals surface area contributed by atoms with Crippen molar-refractivity contribution in [1.82, 2.24) is 14.5 Å². The third-order valence-electron chi connectivity index (χ3n) is 3.70. The molecular weight excluding hydrogens is 367 g/mol. The number of nitrogens with one attached hydrogen (secondary N) is 1. The molecule has 0 aliphatic heterocycles. The summed E-state index contributed by atoms with van der Waals surface area (Å²) in [6.07, 6.45) is 1.58. The van der Waals surface area contributed by atoms with E-state index in [0.29, 0.717) is 28.4 Å². The molecule has 3 aromatic rings. The Morgan fingerprint density at radius 3 is 2.70 bits per heavy atom. The first-order chi connectivity index (χ1) is 12.9. The van der Waals surface area contributed by atoms with Gasteiger partial charge in [-0.2, -0.15) is 0 Å². The highest BCUT2D eigenvalue weighted by atomic mass is 32.2. The highest BCUT2D eigenvalue weighted by Crippen LogP contribution is 2.18. The molecule has 1 N–H and O–H groups in total. The van der Waals surface area contributed by atoms with Gasteiger partial charge in [-0.3, -0.25) is 14.2 Å². The molecule has 27 heavy (non-hydrogen) atoms. The Kier molecular flexibility index (Phi) is 5.85. The Hall–Kier alpha value is -2.74. The van der Waals surface area contributed by atoms with Crippen molar-refractivity contribution in [2.45, 2.75) is 25.5 Å². The summed E-state index contributed by atoms with van der Waals surface area (Å²) in [5.74, 6) is -0.322. The lowest BCUT2D eigenvalue weighted by molar-refractivity contribution is -0.113. The summed E-state index contributed by atoms with van der Waals surface area (Å²) in [4.78, 5) is 33.6. The monoisotopic (exact) mass is 386 g/mol. The summed E-state index contributed by atoms with van der Waals surface area (Å²) in [7, 11) is 0. The molecule has 0 saturated carbocycles. The molecule has 0 atom stereocenters. The number of rotatable bonds is 6. The van der Waals surface area contributed by atoms with Gasteiger partial charge in [-0.15, -0.1) is 0 Å². The van der Waals surface area contributed by atoms with Crippen molar-refractivity contribution in [3.63, 3.8) is 0 Å². The van der Waals surface area contributed by atoms with Crippen molar-refractivity contribution in [3.8, 4) is 0 Å². The van der Waals surface area contributed by atoms with Crippen LogP contribution in [0.2, 0.25) is 0 Å². The van der Waals surface area contributed by atoms with Crippen LogP contribution in [0.1, 0.15) is 13.8 Å². The fourth-order valence-corrected chi connectivity index (χ4v) is 3.33. The quantitative estimate of drug-likeness (QED) is 0.519. The maximum Gasteiger partial charge on any atom is 0.263 e. The van der Waals surface area contributed by atoms with Gasteiger partial charge in [-0.05, 0) is 42.3 Å². The van der Waals surface area contributed by atoms with Gasteiger partial charge in [-0.1, -0.05) is 25.6 Å². The maximum absolute atomic E-state index is 12.9. The molecule has 0 aliphatic rings. The van der Waals surface area contributed by atoms with Crippen LogP contribution in [0.15, 0.2) is 52.5 Å². The van der Waals surface area contributed by atoms with Crippen molar-refractivity contribution in [3.05, 3.63) is 58.8 Å². The molecule has 0 unspecified atom stereocenters. The molecule has 0 saturated heterocycles. The van der Waals surface area contributed by atoms with Crippen LogP contribution in [0, 0.1) is 11.7 Å². The molecular formula is C19H19FN4O2S. The second-order valence-corrected chi connectivity index (χ2v) is 7.36. The van der Waals surface area contributed by atoms with Crippen LogP contribution in [0.4, 0.5) is 10.1 Å². The third kappa shape index (κ3) is 4.71. The zero-order valence-electron chi connectivity index (χ0n) is 15.0. The zero-order valence-corrected chi connectivity index (χ0v) is 15.8. The molecule has 1 aromatic carbocycles. The number of aromatic nitrogens is 3. The van der Waals surface area contributed by atoms with E-state index >= 15 is 0 Å². The Balaban J connectivity index is 1.81. The number of anilines is 1. The highest BCUT2D eigenvalue weighted by Gasteiger charge is 2.15. The van der Waals surface area contributed by atoms with E-state index in [9.17, 15) is 14.0 Å². The van der Waals surface area contributed by atoms with E-state index in [1.807, 2.05) is 13.8 Å². The van der Waals surface area contributed by atoms with Gasteiger partial charge in [0.25, 0.3) is 5.56 Å². The molecule has 0 fully saturated rings. The summed E-state index contributed by atoms with van der Waals surface area (Å²) in [6, 6.07) is 8.94. The van der Waals surface area contributed by atoms with Gasteiger partial charge in [0.2, 0.25) is 5.91 Å². The molecule has 2 aromatic heterocycles. The highest BCUT2D eigenvalue weighted by molar-refractivity contribution is 7.99. The van der Waals surface area contributed by atoms with Crippen molar-refractivity contribution in [2.24, 2.45) is 5.92 Å². The van der Waals surface area contributed by atoms with Crippen LogP contribution in [-0.4, -0.2) is 26.2 Å². The van der Waals surface area contributed by atoms with Gasteiger partial charge < -0.3 is 5.32 Å². The number of thioether (sulfide) groups is 1. The van der Waals surface area contributed by atoms with E-state index in [1.54, 1.807) is 22.9 Å². The molecule has 0 radical (unpaired) electrons. The van der Waals surface area contributed by atoms with Crippen molar-refractivity contribution < 1.29 is 9.18 Å². The minimum absolute atomic E-state index is 0.0697. The SMILES string of the molecule is CC(C)Cn1c(SCC(=O)Nc2ccc(F)cc2)nc2ncccc2c1=O. The van der Waals surface area contributed by atoms with E-state index in [0.717, 1.165) is 0 Å². The molecule has 0 aliphatic carbocycles. The molecule has 0 spiro atoms. The Labute approximate surface area is 159 Å². The molecule has 2 heterocycles. The molecule has 0 bridgehead atoms. The fraction of sp³-hybridized carbons (Fsp3) is 0.263. The Bertz CT molecular complexity index is 1020. The largest absolute Gasteiger partial charge is 0.325 e. The molecule has 3 rings (SSSR count). The molecule has 8 heteroatoms. The Morgan fingerprint density at radius 1 is 1.26 bits per heavy atom. The van der Waals surface area contributed by atoms with Crippen LogP contribution >= 0.6 is 11.8 Å². The van der Waals surface area contributed by atoms with Crippen LogP contribution < -0.4 is 10.9 Å². The number of benzene rings is 1. The van der Waals surface area contributed by atoms with Gasteiger partial charge in [0.1, 0.15) is 5.82 Å². The second-order valence-electron chi connectivity index (χ2n) is 6.42. The summed E-state index contributed by atoms with van der Waals surface area (Å²) in [6.45, 7) is 4.52. The number of halogens is 1. The van der Waals surface area contributed by atoms with E-state index in [4.69, 9.17) is 0 Å². The van der Waals surface area contributed by atoms with Gasteiger partial charge in [-0.25, -0.2) is 14.4 Å². The standard InChI is InChI=1S/C19H19FN4O2S/c1-12(2)10-24-18(26)15-4-3-9-21-17(15)23-19(24)27-11-16(25)22-14-7-5-13(20)6-8-14/h3-9,12H,10-11H2,1-2H3,(H,22,25). The van der Waals surface area contributed by atoms with Crippen LogP contribution in [-0.2, 0) is 11.3 Å². The van der Waals surface area contributed by atoms with Gasteiger partial charge >= 0.3 is 0 Å². The first kappa shape index (κ1) is 19.0. The van der Waals surface area contributed by atoms with Crippen molar-refractivity contribution in [1.29, 1.82) is 0 Å². The van der Waals surface area contributed by atoms with Gasteiger partial charge in [0, 0.05) is 18.4 Å². The minimum atomic E-state index is -0.368. The molecule has 140 valence electrons. The fourth-order valence-electron chi connectivity index (χ4n) is 2.53. The number of fused-ring (bicyclic) bond motifs is 1. The lowest BCUT2D eigenvalue weighted by atomic mass is 10.2. The predicted molar refractivity (Wildman–Crippen MR) is 104 cm³/mol. The molecule has 6 nitrogen and oxygen atoms in total. The first-order valence-corrected chi connectivity index (χ1v) is 9.46. The van der Waals surface area contributed by atoms with E-state index < -0.39 is 0 Å². The summed E-state index contributed by atoms with van der Waals surface area (Å²) >= 11 is 1.17. The predicted octanol–water partition coefficient (Wildman–Crippen LogP) is 3.32. The van der Waals surface area contributed by atoms with E-state index in [2.05, 4.69) is 15.3 Å². The van der Waals surface area contributed by atoms with Gasteiger partial charge in [0.15, 0.2) is 10.8 Å². The second kappa shape index (κ2) is 8.30. The number of hydrogen-bond donors (Lipinski definition) is 1. The van der Waals surface area contributed by atoms with E-state index in [1.165, 1.54) is 36.0 Å². The zero-order chi connectivity index (χ0) is 19.4. The third-order valence-corrected chi connectivity index (χ3v) is 4.68. The minimum Gasteiger partial charge on any atom is -0.325 e. The number of carbonyl (C=O) groups excluding carboxylic acids is 1. The van der Waals surface area contributed by atoms with Gasteiger partial charge in [0.05, 0.1) is 11.1 Å². The Morgan fingerprint density at radius 2 is 2.00 bits per heavy atom. The number of hydrogen-bond acceptors (Lipinski definition) is 5. The maximum atomic E-state index is 12.9. The summed E-state index contributed by atoms with van der Waals surface area (Å²) in [5.41, 5.74) is 0.710. The first-order valence-electron chi connectivity index (χ1n) is 8.48. The van der Waals surface area contributed by atoms with Crippen LogP contribution in [0.25, 0.3) is 11.0 Å². The molecule has 1 amide bonds. The average molecular weight is 386 g/mol. The number of carbonyl (C=O) groups is 1. The number of nitrogens with zero attached hydrogens (tertiary/aromatic N) is 3. The van der Waals surface area contributed by atoms with E-state index in [-0.39, 0.29) is 29.0 Å². The summed E-state index contributed by atoms with van der Waals surface area (Å²) < 4.78 is 14.5. The topological polar surface area (TPSA) is 76.9 Å². The normalized spacial score (nSPS) is 11.1.